The molecule has 0 amide bonds. The lowest BCUT2D eigenvalue weighted by Crippen LogP contribution is -2.35. The van der Waals surface area contributed by atoms with Crippen LogP contribution < -0.4 is 16.4 Å². The van der Waals surface area contributed by atoms with Crippen molar-refractivity contribution in [3.8, 4) is 0 Å². The molecule has 0 heterocycles. The number of hydrogen-bond acceptors (Lipinski definition) is 19. The predicted octanol–water partition coefficient (Wildman–Crippen LogP) is -3.38. The highest BCUT2D eigenvalue weighted by Crippen LogP contribution is 2.16. The Morgan fingerprint density at radius 1 is 0.500 bits per heavy atom. The number of non-ortho nitro benzene ring substituents is 3. The maximum Gasteiger partial charge on any atom is 0.488 e. The van der Waals surface area contributed by atoms with Gasteiger partial charge in [0.15, 0.2) is 0 Å². The van der Waals surface area contributed by atoms with Crippen molar-refractivity contribution < 1.29 is 73.5 Å². The summed E-state index contributed by atoms with van der Waals surface area (Å²) >= 11 is 0. The zero-order valence-corrected chi connectivity index (χ0v) is 26.5. The SMILES string of the molecule is O=C(OCCN(CCOC(=O)c1cc(B(O)O)cc([N+](=O)[O-])c1)CCOC(=O)c1cc(B(O)O)cc([N+](=O)[O-])c1)c1cc(B(O)O)cc([N+](=O)[O-])c1. The van der Waals surface area contributed by atoms with Gasteiger partial charge in [-0.2, -0.15) is 0 Å². The van der Waals surface area contributed by atoms with Crippen LogP contribution in [0, 0.1) is 30.3 Å². The summed E-state index contributed by atoms with van der Waals surface area (Å²) in [6.07, 6.45) is 0. The van der Waals surface area contributed by atoms with Crippen molar-refractivity contribution in [1.82, 2.24) is 4.90 Å². The molecule has 3 rings (SSSR count). The third kappa shape index (κ3) is 11.6. The number of benzene rings is 3. The highest BCUT2D eigenvalue weighted by atomic mass is 16.6. The van der Waals surface area contributed by atoms with E-state index in [-0.39, 0.29) is 52.7 Å². The first-order valence-corrected chi connectivity index (χ1v) is 14.7. The molecule has 0 unspecified atom stereocenters. The van der Waals surface area contributed by atoms with Gasteiger partial charge in [-0.1, -0.05) is 0 Å². The van der Waals surface area contributed by atoms with Crippen molar-refractivity contribution >= 4 is 72.7 Å². The topological polar surface area (TPSA) is 333 Å². The number of rotatable bonds is 18. The summed E-state index contributed by atoms with van der Waals surface area (Å²) < 4.78 is 15.5. The Bertz CT molecular complexity index is 1640. The van der Waals surface area contributed by atoms with Crippen LogP contribution in [0.15, 0.2) is 54.6 Å². The summed E-state index contributed by atoms with van der Waals surface area (Å²) in [6, 6.07) is 7.92. The maximum absolute atomic E-state index is 12.7. The lowest BCUT2D eigenvalue weighted by Gasteiger charge is -2.22. The van der Waals surface area contributed by atoms with Crippen molar-refractivity contribution in [2.24, 2.45) is 0 Å². The highest BCUT2D eigenvalue weighted by Gasteiger charge is 2.24. The fourth-order valence-corrected chi connectivity index (χ4v) is 4.41. The van der Waals surface area contributed by atoms with Gasteiger partial charge in [-0.15, -0.1) is 0 Å². The zero-order chi connectivity index (χ0) is 38.7. The third-order valence-corrected chi connectivity index (χ3v) is 6.98. The first-order chi connectivity index (χ1) is 24.5. The van der Waals surface area contributed by atoms with Crippen LogP contribution in [0.3, 0.4) is 0 Å². The molecule has 0 aliphatic heterocycles. The van der Waals surface area contributed by atoms with Gasteiger partial charge in [-0.05, 0) is 34.6 Å². The van der Waals surface area contributed by atoms with E-state index in [1.807, 2.05) is 0 Å². The number of nitrogens with zero attached hydrogens (tertiary/aromatic N) is 4. The molecule has 0 radical (unpaired) electrons. The molecule has 52 heavy (non-hydrogen) atoms. The Kier molecular flexibility index (Phi) is 14.4. The van der Waals surface area contributed by atoms with Gasteiger partial charge in [0.1, 0.15) is 19.8 Å². The van der Waals surface area contributed by atoms with E-state index in [1.54, 1.807) is 0 Å². The minimum Gasteiger partial charge on any atom is -0.461 e. The molecule has 0 atom stereocenters. The van der Waals surface area contributed by atoms with E-state index in [9.17, 15) is 74.9 Å². The van der Waals surface area contributed by atoms with Gasteiger partial charge < -0.3 is 44.4 Å². The van der Waals surface area contributed by atoms with E-state index in [0.717, 1.165) is 54.6 Å². The predicted molar refractivity (Wildman–Crippen MR) is 176 cm³/mol. The van der Waals surface area contributed by atoms with Gasteiger partial charge in [-0.3, -0.25) is 35.2 Å². The maximum atomic E-state index is 12.7. The van der Waals surface area contributed by atoms with Crippen molar-refractivity contribution in [2.75, 3.05) is 39.5 Å². The van der Waals surface area contributed by atoms with E-state index in [4.69, 9.17) is 14.2 Å². The fourth-order valence-electron chi connectivity index (χ4n) is 4.41. The molecule has 0 saturated carbocycles. The average Bonchev–Trinajstić information content (AvgIpc) is 3.10. The fraction of sp³-hybridized carbons (Fsp3) is 0.222. The largest absolute Gasteiger partial charge is 0.488 e. The number of nitro groups is 3. The molecule has 0 saturated heterocycles. The number of esters is 3. The zero-order valence-electron chi connectivity index (χ0n) is 26.5. The lowest BCUT2D eigenvalue weighted by atomic mass is 9.79. The lowest BCUT2D eigenvalue weighted by molar-refractivity contribution is -0.385. The van der Waals surface area contributed by atoms with Gasteiger partial charge >= 0.3 is 39.3 Å². The summed E-state index contributed by atoms with van der Waals surface area (Å²) in [5.74, 6) is -3.28. The average molecular weight is 728 g/mol. The van der Waals surface area contributed by atoms with Crippen LogP contribution in [0.4, 0.5) is 17.1 Å². The second-order valence-corrected chi connectivity index (χ2v) is 10.6. The number of carbonyl (C=O) groups excluding carboxylic acids is 3. The quantitative estimate of drug-likeness (QED) is 0.0245. The van der Waals surface area contributed by atoms with Crippen LogP contribution in [0.2, 0.25) is 0 Å². The van der Waals surface area contributed by atoms with Crippen LogP contribution >= 0.6 is 0 Å². The van der Waals surface area contributed by atoms with Crippen molar-refractivity contribution in [3.05, 3.63) is 102 Å². The molecule has 0 aliphatic rings. The molecule has 0 bridgehead atoms. The molecule has 0 spiro atoms. The molecule has 25 heteroatoms. The van der Waals surface area contributed by atoms with E-state index in [2.05, 4.69) is 0 Å². The molecule has 3 aromatic carbocycles. The Hall–Kier alpha value is -5.82. The second-order valence-electron chi connectivity index (χ2n) is 10.6. The first-order valence-electron chi connectivity index (χ1n) is 14.7. The van der Waals surface area contributed by atoms with Gasteiger partial charge in [0.25, 0.3) is 17.1 Å². The molecule has 0 aliphatic carbocycles. The summed E-state index contributed by atoms with van der Waals surface area (Å²) in [4.78, 5) is 70.5. The molecule has 6 N–H and O–H groups in total. The minimum absolute atomic E-state index is 0.166. The summed E-state index contributed by atoms with van der Waals surface area (Å²) in [5.41, 5.74) is -4.13. The summed E-state index contributed by atoms with van der Waals surface area (Å²) in [6.45, 7) is -1.77. The standard InChI is InChI=1S/C27H27B3N4O18/c35-25(16-7-19(28(38)39)13-22(10-16)32(44)45)50-4-1-31(2-5-51-26(36)17-8-20(29(40)41)14-23(11-17)33(46)47)3-6-52-27(37)18-9-21(30(42)43)15-24(12-18)34(48)49/h7-15,38-43H,1-6H2. The van der Waals surface area contributed by atoms with E-state index >= 15 is 0 Å². The molecule has 0 aromatic heterocycles. The molecule has 0 fully saturated rings. The van der Waals surface area contributed by atoms with Gasteiger partial charge in [0.2, 0.25) is 0 Å². The summed E-state index contributed by atoms with van der Waals surface area (Å²) in [5, 5.41) is 90.2. The van der Waals surface area contributed by atoms with Gasteiger partial charge in [0, 0.05) is 56.0 Å². The number of ether oxygens (including phenoxy) is 3. The Balaban J connectivity index is 1.72. The Morgan fingerprint density at radius 2 is 0.750 bits per heavy atom. The number of hydrogen-bond donors (Lipinski definition) is 6. The van der Waals surface area contributed by atoms with Crippen molar-refractivity contribution in [1.29, 1.82) is 0 Å². The first kappa shape index (κ1) is 40.6. The van der Waals surface area contributed by atoms with Crippen LogP contribution in [0.25, 0.3) is 0 Å². The second kappa shape index (κ2) is 18.4. The molecule has 272 valence electrons. The van der Waals surface area contributed by atoms with Crippen LogP contribution in [0.1, 0.15) is 31.1 Å². The third-order valence-electron chi connectivity index (χ3n) is 6.98. The monoisotopic (exact) mass is 728 g/mol. The Morgan fingerprint density at radius 3 is 0.962 bits per heavy atom. The highest BCUT2D eigenvalue weighted by molar-refractivity contribution is 6.59. The number of nitro benzene ring substituents is 3. The van der Waals surface area contributed by atoms with E-state index in [0.29, 0.717) is 0 Å². The number of carbonyl (C=O) groups is 3. The van der Waals surface area contributed by atoms with Gasteiger partial charge in [0.05, 0.1) is 31.5 Å². The smallest absolute Gasteiger partial charge is 0.461 e. The molecular formula is C27H27B3N4O18. The van der Waals surface area contributed by atoms with Crippen molar-refractivity contribution in [2.45, 2.75) is 0 Å². The van der Waals surface area contributed by atoms with Crippen LogP contribution in [-0.4, -0.2) is 129 Å². The van der Waals surface area contributed by atoms with Crippen LogP contribution in [-0.2, 0) is 14.2 Å². The Labute approximate surface area is 292 Å². The van der Waals surface area contributed by atoms with Crippen LogP contribution in [0.5, 0.6) is 0 Å². The van der Waals surface area contributed by atoms with E-state index in [1.165, 1.54) is 4.90 Å². The molecule has 3 aromatic rings. The van der Waals surface area contributed by atoms with E-state index < -0.39 is 90.9 Å². The molecule has 22 nitrogen and oxygen atoms in total. The van der Waals surface area contributed by atoms with Gasteiger partial charge in [-0.25, -0.2) is 14.4 Å². The van der Waals surface area contributed by atoms with Crippen molar-refractivity contribution in [3.63, 3.8) is 0 Å². The summed E-state index contributed by atoms with van der Waals surface area (Å²) in [7, 11) is -6.43. The molecular weight excluding hydrogens is 701 g/mol. The normalized spacial score (nSPS) is 10.7. The minimum atomic E-state index is -2.14.